The van der Waals surface area contributed by atoms with E-state index in [0.717, 1.165) is 44.3 Å². The third-order valence-electron chi connectivity index (χ3n) is 6.24. The number of hydrogen-bond donors (Lipinski definition) is 3. The molecule has 3 rings (SSSR count). The Kier molecular flexibility index (Phi) is 6.86. The highest BCUT2D eigenvalue weighted by Crippen LogP contribution is 2.29. The van der Waals surface area contributed by atoms with Crippen molar-refractivity contribution in [3.8, 4) is 0 Å². The molecule has 0 atom stereocenters. The van der Waals surface area contributed by atoms with Crippen molar-refractivity contribution in [3.63, 3.8) is 0 Å². The van der Waals surface area contributed by atoms with Crippen LogP contribution in [0.25, 0.3) is 10.9 Å². The van der Waals surface area contributed by atoms with Crippen LogP contribution in [-0.4, -0.2) is 32.4 Å². The Balaban J connectivity index is 1.54. The van der Waals surface area contributed by atoms with Crippen LogP contribution in [0, 0.1) is 34.6 Å². The summed E-state index contributed by atoms with van der Waals surface area (Å²) in [5, 5.41) is 4.02. The van der Waals surface area contributed by atoms with Crippen LogP contribution in [-0.2, 0) is 21.2 Å². The number of para-hydroxylation sites is 1. The molecule has 0 radical (unpaired) electrons. The molecule has 6 nitrogen and oxygen atoms in total. The quantitative estimate of drug-likeness (QED) is 0.497. The molecule has 166 valence electrons. The normalized spacial score (nSPS) is 11.8. The summed E-state index contributed by atoms with van der Waals surface area (Å²) in [4.78, 5) is 15.7. The Bertz CT molecular complexity index is 1200. The molecule has 3 aromatic rings. The van der Waals surface area contributed by atoms with Gasteiger partial charge in [0.1, 0.15) is 0 Å². The summed E-state index contributed by atoms with van der Waals surface area (Å²) in [6, 6.07) is 8.04. The minimum absolute atomic E-state index is 0.0616. The predicted molar refractivity (Wildman–Crippen MR) is 125 cm³/mol. The number of sulfonamides is 1. The highest BCUT2D eigenvalue weighted by Gasteiger charge is 2.23. The van der Waals surface area contributed by atoms with Gasteiger partial charge in [-0.15, -0.1) is 0 Å². The maximum atomic E-state index is 12.9. The fourth-order valence-electron chi connectivity index (χ4n) is 4.00. The van der Waals surface area contributed by atoms with E-state index in [1.54, 1.807) is 0 Å². The number of fused-ring (bicyclic) bond motifs is 1. The molecular weight excluding hydrogens is 410 g/mol. The first-order valence-corrected chi connectivity index (χ1v) is 12.0. The Morgan fingerprint density at radius 1 is 0.903 bits per heavy atom. The first-order valence-electron chi connectivity index (χ1n) is 10.5. The Labute approximate surface area is 184 Å². The largest absolute Gasteiger partial charge is 0.361 e. The number of benzene rings is 2. The smallest absolute Gasteiger partial charge is 0.241 e. The van der Waals surface area contributed by atoms with E-state index in [2.05, 4.69) is 21.1 Å². The number of rotatable bonds is 8. The molecule has 1 heterocycles. The van der Waals surface area contributed by atoms with Crippen molar-refractivity contribution in [1.82, 2.24) is 15.0 Å². The maximum Gasteiger partial charge on any atom is 0.241 e. The number of aromatic nitrogens is 1. The number of aromatic amines is 1. The highest BCUT2D eigenvalue weighted by atomic mass is 32.2. The van der Waals surface area contributed by atoms with Crippen LogP contribution in [0.4, 0.5) is 0 Å². The van der Waals surface area contributed by atoms with Gasteiger partial charge in [0.05, 0.1) is 4.90 Å². The zero-order valence-corrected chi connectivity index (χ0v) is 19.7. The minimum Gasteiger partial charge on any atom is -0.361 e. The molecule has 0 aliphatic heterocycles. The van der Waals surface area contributed by atoms with E-state index >= 15 is 0 Å². The van der Waals surface area contributed by atoms with Crippen LogP contribution in [0.15, 0.2) is 35.4 Å². The van der Waals surface area contributed by atoms with Crippen LogP contribution < -0.4 is 10.0 Å². The van der Waals surface area contributed by atoms with Crippen molar-refractivity contribution < 1.29 is 13.2 Å². The van der Waals surface area contributed by atoms with E-state index in [9.17, 15) is 13.2 Å². The second-order valence-electron chi connectivity index (χ2n) is 8.06. The molecule has 0 saturated carbocycles. The average molecular weight is 442 g/mol. The van der Waals surface area contributed by atoms with Crippen LogP contribution >= 0.6 is 0 Å². The van der Waals surface area contributed by atoms with Crippen LogP contribution in [0.1, 0.15) is 39.8 Å². The lowest BCUT2D eigenvalue weighted by molar-refractivity contribution is -0.120. The molecule has 0 unspecified atom stereocenters. The standard InChI is InChI=1S/C24H31N3O3S/c1-15-16(2)18(4)24(19(5)17(15)3)31(29,30)27-13-11-23(28)25-12-10-20-14-26-22-9-7-6-8-21(20)22/h6-9,14,26-27H,10-13H2,1-5H3,(H,25,28). The molecule has 3 N–H and O–H groups in total. The molecule has 7 heteroatoms. The van der Waals surface area contributed by atoms with Crippen molar-refractivity contribution in [2.24, 2.45) is 0 Å². The van der Waals surface area contributed by atoms with Crippen LogP contribution in [0.2, 0.25) is 0 Å². The Hall–Kier alpha value is -2.64. The zero-order valence-electron chi connectivity index (χ0n) is 18.8. The fourth-order valence-corrected chi connectivity index (χ4v) is 5.63. The van der Waals surface area contributed by atoms with Gasteiger partial charge in [-0.3, -0.25) is 4.79 Å². The maximum absolute atomic E-state index is 12.9. The van der Waals surface area contributed by atoms with Gasteiger partial charge in [0.2, 0.25) is 15.9 Å². The van der Waals surface area contributed by atoms with Crippen molar-refractivity contribution in [2.45, 2.75) is 52.4 Å². The summed E-state index contributed by atoms with van der Waals surface area (Å²) in [5.74, 6) is -0.174. The second-order valence-corrected chi connectivity index (χ2v) is 9.77. The molecular formula is C24H31N3O3S. The molecule has 0 spiro atoms. The molecule has 0 aliphatic carbocycles. The van der Waals surface area contributed by atoms with Crippen molar-refractivity contribution in [2.75, 3.05) is 13.1 Å². The van der Waals surface area contributed by atoms with E-state index in [-0.39, 0.29) is 18.9 Å². The summed E-state index contributed by atoms with van der Waals surface area (Å²) < 4.78 is 28.4. The third kappa shape index (κ3) is 4.83. The van der Waals surface area contributed by atoms with Crippen LogP contribution in [0.3, 0.4) is 0 Å². The fraction of sp³-hybridized carbons (Fsp3) is 0.375. The molecule has 1 aromatic heterocycles. The zero-order chi connectivity index (χ0) is 22.8. The number of nitrogens with one attached hydrogen (secondary N) is 3. The van der Waals surface area contributed by atoms with Gasteiger partial charge in [0, 0.05) is 36.6 Å². The lowest BCUT2D eigenvalue weighted by Crippen LogP contribution is -2.32. The third-order valence-corrected chi connectivity index (χ3v) is 7.97. The molecule has 0 saturated heterocycles. The minimum atomic E-state index is -3.69. The van der Waals surface area contributed by atoms with Gasteiger partial charge in [-0.05, 0) is 80.5 Å². The molecule has 0 bridgehead atoms. The number of H-pyrrole nitrogens is 1. The van der Waals surface area contributed by atoms with Crippen molar-refractivity contribution >= 4 is 26.8 Å². The van der Waals surface area contributed by atoms with E-state index < -0.39 is 10.0 Å². The number of amides is 1. The van der Waals surface area contributed by atoms with Gasteiger partial charge >= 0.3 is 0 Å². The van der Waals surface area contributed by atoms with Gasteiger partial charge in [-0.1, -0.05) is 18.2 Å². The monoisotopic (exact) mass is 441 g/mol. The Morgan fingerprint density at radius 2 is 1.52 bits per heavy atom. The lowest BCUT2D eigenvalue weighted by Gasteiger charge is -2.19. The number of carbonyl (C=O) groups excluding carboxylic acids is 1. The molecule has 1 amide bonds. The summed E-state index contributed by atoms with van der Waals surface area (Å²) in [7, 11) is -3.69. The van der Waals surface area contributed by atoms with E-state index in [1.807, 2.05) is 59.0 Å². The molecule has 2 aromatic carbocycles. The first kappa shape index (κ1) is 23.0. The summed E-state index contributed by atoms with van der Waals surface area (Å²) in [5.41, 5.74) is 6.83. The van der Waals surface area contributed by atoms with E-state index in [0.29, 0.717) is 17.9 Å². The predicted octanol–water partition coefficient (Wildman–Crippen LogP) is 3.74. The van der Waals surface area contributed by atoms with Gasteiger partial charge < -0.3 is 10.3 Å². The molecule has 31 heavy (non-hydrogen) atoms. The number of carbonyl (C=O) groups is 1. The van der Waals surface area contributed by atoms with Crippen molar-refractivity contribution in [1.29, 1.82) is 0 Å². The average Bonchev–Trinajstić information content (AvgIpc) is 3.14. The van der Waals surface area contributed by atoms with Gasteiger partial charge in [-0.2, -0.15) is 0 Å². The van der Waals surface area contributed by atoms with Crippen molar-refractivity contribution in [3.05, 3.63) is 63.8 Å². The van der Waals surface area contributed by atoms with E-state index in [4.69, 9.17) is 0 Å². The molecule has 0 fully saturated rings. The van der Waals surface area contributed by atoms with Gasteiger partial charge in [0.25, 0.3) is 0 Å². The van der Waals surface area contributed by atoms with Crippen LogP contribution in [0.5, 0.6) is 0 Å². The molecule has 0 aliphatic rings. The number of hydrogen-bond acceptors (Lipinski definition) is 3. The Morgan fingerprint density at radius 3 is 2.19 bits per heavy atom. The van der Waals surface area contributed by atoms with Gasteiger partial charge in [-0.25, -0.2) is 13.1 Å². The summed E-state index contributed by atoms with van der Waals surface area (Å²) >= 11 is 0. The SMILES string of the molecule is Cc1c(C)c(C)c(S(=O)(=O)NCCC(=O)NCCc2c[nH]c3ccccc23)c(C)c1C. The van der Waals surface area contributed by atoms with E-state index in [1.165, 1.54) is 0 Å². The summed E-state index contributed by atoms with van der Waals surface area (Å²) in [6.45, 7) is 10.1. The topological polar surface area (TPSA) is 91.1 Å². The second kappa shape index (κ2) is 9.24. The van der Waals surface area contributed by atoms with Gasteiger partial charge in [0.15, 0.2) is 0 Å². The first-order chi connectivity index (χ1) is 14.6. The highest BCUT2D eigenvalue weighted by molar-refractivity contribution is 7.89. The lowest BCUT2D eigenvalue weighted by atomic mass is 9.95. The summed E-state index contributed by atoms with van der Waals surface area (Å²) in [6.07, 6.45) is 2.76.